The lowest BCUT2D eigenvalue weighted by Gasteiger charge is -2.09. The van der Waals surface area contributed by atoms with Gasteiger partial charge in [-0.15, -0.1) is 0 Å². The molecule has 0 bridgehead atoms. The van der Waals surface area contributed by atoms with Gasteiger partial charge in [-0.05, 0) is 35.9 Å². The Labute approximate surface area is 145 Å². The number of ether oxygens (including phenoxy) is 2. The number of phenolic OH excluding ortho intramolecular Hbond substituents is 1. The number of hydrogen-bond donors (Lipinski definition) is 1. The Morgan fingerprint density at radius 1 is 1.43 bits per heavy atom. The minimum absolute atomic E-state index is 0.0248. The molecule has 2 aromatic rings. The number of carbonyl (C=O) groups excluding carboxylic acids is 1. The molecule has 1 N–H and O–H groups in total. The fourth-order valence-electron chi connectivity index (χ4n) is 2.07. The number of allylic oxidation sites excluding steroid dienone is 1. The van der Waals surface area contributed by atoms with Crippen molar-refractivity contribution in [3.8, 4) is 11.5 Å². The summed E-state index contributed by atoms with van der Waals surface area (Å²) in [6, 6.07) is 6.67. The van der Waals surface area contributed by atoms with Crippen molar-refractivity contribution in [3.63, 3.8) is 0 Å². The van der Waals surface area contributed by atoms with Crippen molar-refractivity contribution >= 4 is 39.6 Å². The Morgan fingerprint density at radius 2 is 2.26 bits per heavy atom. The van der Waals surface area contributed by atoms with Crippen LogP contribution in [0, 0.1) is 0 Å². The highest BCUT2D eigenvalue weighted by Gasteiger charge is 2.26. The first-order valence-electron chi connectivity index (χ1n) is 6.63. The van der Waals surface area contributed by atoms with Crippen molar-refractivity contribution in [3.05, 3.63) is 51.0 Å². The van der Waals surface area contributed by atoms with Gasteiger partial charge in [0.25, 0.3) is 0 Å². The van der Waals surface area contributed by atoms with E-state index in [0.29, 0.717) is 31.3 Å². The number of ketones is 1. The molecule has 0 amide bonds. The van der Waals surface area contributed by atoms with E-state index < -0.39 is 0 Å². The summed E-state index contributed by atoms with van der Waals surface area (Å²) in [5, 5.41) is 10.7. The van der Waals surface area contributed by atoms with Gasteiger partial charge in [0.05, 0.1) is 10.5 Å². The number of methoxy groups -OCH3 is 1. The van der Waals surface area contributed by atoms with E-state index in [2.05, 4.69) is 20.9 Å². The number of carbonyl (C=O) groups is 1. The molecular formula is C16H12BrNO4S. The van der Waals surface area contributed by atoms with E-state index in [0.717, 1.165) is 0 Å². The summed E-state index contributed by atoms with van der Waals surface area (Å²) >= 11 is 4.74. The van der Waals surface area contributed by atoms with E-state index in [-0.39, 0.29) is 18.3 Å². The molecule has 1 aliphatic rings. The van der Waals surface area contributed by atoms with Crippen LogP contribution in [-0.4, -0.2) is 29.8 Å². The van der Waals surface area contributed by atoms with Gasteiger partial charge in [0, 0.05) is 17.8 Å². The SMILES string of the molecule is COCOc1cc(Br)c(/C=C2\Sc3ncccc3C2=O)cc1O. The number of halogens is 1. The first-order valence-corrected chi connectivity index (χ1v) is 8.24. The van der Waals surface area contributed by atoms with Crippen molar-refractivity contribution in [2.75, 3.05) is 13.9 Å². The molecule has 0 saturated heterocycles. The van der Waals surface area contributed by atoms with Gasteiger partial charge >= 0.3 is 0 Å². The molecule has 7 heteroatoms. The van der Waals surface area contributed by atoms with Crippen LogP contribution in [-0.2, 0) is 4.74 Å². The minimum atomic E-state index is -0.0656. The third kappa shape index (κ3) is 3.26. The number of thioether (sulfide) groups is 1. The predicted molar refractivity (Wildman–Crippen MR) is 90.7 cm³/mol. The van der Waals surface area contributed by atoms with Gasteiger partial charge in [-0.1, -0.05) is 27.7 Å². The van der Waals surface area contributed by atoms with Crippen LogP contribution in [0.4, 0.5) is 0 Å². The molecule has 2 heterocycles. The summed E-state index contributed by atoms with van der Waals surface area (Å²) in [6.07, 6.45) is 3.38. The zero-order valence-corrected chi connectivity index (χ0v) is 14.5. The topological polar surface area (TPSA) is 68.7 Å². The van der Waals surface area contributed by atoms with Crippen LogP contribution in [0.25, 0.3) is 6.08 Å². The Morgan fingerprint density at radius 3 is 3.00 bits per heavy atom. The molecule has 0 fully saturated rings. The van der Waals surface area contributed by atoms with Gasteiger partial charge in [-0.2, -0.15) is 0 Å². The maximum Gasteiger partial charge on any atom is 0.202 e. The van der Waals surface area contributed by atoms with E-state index in [1.807, 2.05) is 0 Å². The normalized spacial score (nSPS) is 15.0. The Kier molecular flexibility index (Phi) is 4.70. The smallest absolute Gasteiger partial charge is 0.202 e. The van der Waals surface area contributed by atoms with Crippen LogP contribution in [0.3, 0.4) is 0 Å². The lowest BCUT2D eigenvalue weighted by atomic mass is 10.1. The van der Waals surface area contributed by atoms with E-state index in [1.54, 1.807) is 30.5 Å². The maximum absolute atomic E-state index is 12.4. The number of nitrogens with zero attached hydrogens (tertiary/aromatic N) is 1. The van der Waals surface area contributed by atoms with E-state index in [1.165, 1.54) is 24.9 Å². The molecule has 5 nitrogen and oxygen atoms in total. The van der Waals surface area contributed by atoms with Crippen molar-refractivity contribution < 1.29 is 19.4 Å². The summed E-state index contributed by atoms with van der Waals surface area (Å²) in [5.74, 6) is 0.212. The highest BCUT2D eigenvalue weighted by molar-refractivity contribution is 9.10. The van der Waals surface area contributed by atoms with Gasteiger partial charge in [-0.25, -0.2) is 4.98 Å². The molecule has 118 valence electrons. The summed E-state index contributed by atoms with van der Waals surface area (Å²) in [5.41, 5.74) is 1.28. The molecule has 0 saturated carbocycles. The van der Waals surface area contributed by atoms with Crippen molar-refractivity contribution in [2.45, 2.75) is 5.03 Å². The molecule has 0 aliphatic carbocycles. The van der Waals surface area contributed by atoms with E-state index >= 15 is 0 Å². The second kappa shape index (κ2) is 6.74. The predicted octanol–water partition coefficient (Wildman–Crippen LogP) is 3.86. The van der Waals surface area contributed by atoms with Crippen molar-refractivity contribution in [2.24, 2.45) is 0 Å². The molecule has 1 aromatic carbocycles. The number of hydrogen-bond acceptors (Lipinski definition) is 6. The van der Waals surface area contributed by atoms with Gasteiger partial charge in [0.2, 0.25) is 5.78 Å². The Balaban J connectivity index is 1.92. The maximum atomic E-state index is 12.4. The van der Waals surface area contributed by atoms with Crippen LogP contribution in [0.15, 0.2) is 44.9 Å². The number of fused-ring (bicyclic) bond motifs is 1. The fourth-order valence-corrected chi connectivity index (χ4v) is 3.49. The number of aromatic hydroxyl groups is 1. The average molecular weight is 394 g/mol. The monoisotopic (exact) mass is 393 g/mol. The molecular weight excluding hydrogens is 382 g/mol. The quantitative estimate of drug-likeness (QED) is 0.628. The van der Waals surface area contributed by atoms with E-state index in [9.17, 15) is 9.90 Å². The fraction of sp³-hybridized carbons (Fsp3) is 0.125. The standard InChI is InChI=1S/C16H12BrNO4S/c1-21-8-22-13-7-11(17)9(5-12(13)19)6-14-15(20)10-3-2-4-18-16(10)23-14/h2-7,19H,8H2,1H3/b14-6-. The number of phenols is 1. The number of rotatable bonds is 4. The van der Waals surface area contributed by atoms with Gasteiger partial charge in [-0.3, -0.25) is 4.79 Å². The molecule has 1 aliphatic heterocycles. The van der Waals surface area contributed by atoms with E-state index in [4.69, 9.17) is 9.47 Å². The second-order valence-electron chi connectivity index (χ2n) is 4.69. The molecule has 0 radical (unpaired) electrons. The summed E-state index contributed by atoms with van der Waals surface area (Å²) in [7, 11) is 1.50. The number of benzene rings is 1. The van der Waals surface area contributed by atoms with Gasteiger partial charge < -0.3 is 14.6 Å². The number of aromatic nitrogens is 1. The highest BCUT2D eigenvalue weighted by atomic mass is 79.9. The van der Waals surface area contributed by atoms with Crippen LogP contribution in [0.5, 0.6) is 11.5 Å². The van der Waals surface area contributed by atoms with Crippen molar-refractivity contribution in [1.82, 2.24) is 4.98 Å². The molecule has 0 spiro atoms. The lowest BCUT2D eigenvalue weighted by molar-refractivity contribution is 0.0491. The van der Waals surface area contributed by atoms with Gasteiger partial charge in [0.1, 0.15) is 5.03 Å². The van der Waals surface area contributed by atoms with Crippen LogP contribution >= 0.6 is 27.7 Å². The van der Waals surface area contributed by atoms with Crippen molar-refractivity contribution in [1.29, 1.82) is 0 Å². The van der Waals surface area contributed by atoms with Gasteiger partial charge in [0.15, 0.2) is 18.3 Å². The second-order valence-corrected chi connectivity index (χ2v) is 6.57. The molecule has 1 aromatic heterocycles. The molecule has 3 rings (SSSR count). The van der Waals surface area contributed by atoms with Crippen LogP contribution < -0.4 is 4.74 Å². The number of pyridine rings is 1. The minimum Gasteiger partial charge on any atom is -0.504 e. The van der Waals surface area contributed by atoms with Crippen LogP contribution in [0.1, 0.15) is 15.9 Å². The lowest BCUT2D eigenvalue weighted by Crippen LogP contribution is -1.99. The zero-order chi connectivity index (χ0) is 16.4. The van der Waals surface area contributed by atoms with Crippen LogP contribution in [0.2, 0.25) is 0 Å². The number of Topliss-reactive ketones (excluding diaryl/α,β-unsaturated/α-hetero) is 1. The third-order valence-electron chi connectivity index (χ3n) is 3.14. The summed E-state index contributed by atoms with van der Waals surface area (Å²) in [4.78, 5) is 17.1. The first-order chi connectivity index (χ1) is 11.1. The molecule has 23 heavy (non-hydrogen) atoms. The molecule has 0 unspecified atom stereocenters. The average Bonchev–Trinajstić information content (AvgIpc) is 2.86. The largest absolute Gasteiger partial charge is 0.504 e. The Bertz CT molecular complexity index is 807. The zero-order valence-electron chi connectivity index (χ0n) is 12.1. The molecule has 0 atom stereocenters. The highest BCUT2D eigenvalue weighted by Crippen LogP contribution is 2.41. The summed E-state index contributed by atoms with van der Waals surface area (Å²) in [6.45, 7) is 0.0375. The third-order valence-corrected chi connectivity index (χ3v) is 4.87. The summed E-state index contributed by atoms with van der Waals surface area (Å²) < 4.78 is 10.8. The first kappa shape index (κ1) is 16.0. The Hall–Kier alpha value is -1.83.